The average Bonchev–Trinajstić information content (AvgIpc) is 2.28. The molecule has 0 N–H and O–H groups in total. The quantitative estimate of drug-likeness (QED) is 0.671. The molecular formula is C9H16BF3NO-. The number of hydrogen-bond acceptors (Lipinski definition) is 1. The van der Waals surface area contributed by atoms with Crippen molar-refractivity contribution in [1.82, 2.24) is 4.90 Å². The van der Waals surface area contributed by atoms with E-state index in [9.17, 15) is 17.7 Å². The summed E-state index contributed by atoms with van der Waals surface area (Å²) in [7, 11) is 0. The maximum absolute atomic E-state index is 12.2. The minimum atomic E-state index is -4.89. The van der Waals surface area contributed by atoms with Gasteiger partial charge in [0.2, 0.25) is 5.91 Å². The normalized spacial score (nSPS) is 24.1. The molecular weight excluding hydrogens is 206 g/mol. The smallest absolute Gasteiger partial charge is 0.448 e. The van der Waals surface area contributed by atoms with Crippen LogP contribution in [0.4, 0.5) is 12.9 Å². The Balaban J connectivity index is 2.54. The predicted octanol–water partition coefficient (Wildman–Crippen LogP) is 2.41. The fourth-order valence-electron chi connectivity index (χ4n) is 1.94. The van der Waals surface area contributed by atoms with E-state index in [0.717, 1.165) is 17.7 Å². The van der Waals surface area contributed by atoms with Crippen LogP contribution < -0.4 is 0 Å². The summed E-state index contributed by atoms with van der Waals surface area (Å²) >= 11 is 0. The maximum atomic E-state index is 12.2. The minimum Gasteiger partial charge on any atom is -0.448 e. The number of halogens is 3. The highest BCUT2D eigenvalue weighted by Gasteiger charge is 2.30. The largest absolute Gasteiger partial charge is 0.497 e. The third-order valence-electron chi connectivity index (χ3n) is 2.93. The fraction of sp³-hybridized carbons (Fsp3) is 0.889. The lowest BCUT2D eigenvalue weighted by molar-refractivity contribution is -0.130. The zero-order chi connectivity index (χ0) is 11.5. The molecule has 1 rings (SSSR count). The number of carbonyl (C=O) groups is 1. The van der Waals surface area contributed by atoms with E-state index in [0.29, 0.717) is 12.3 Å². The van der Waals surface area contributed by atoms with E-state index < -0.39 is 13.4 Å². The van der Waals surface area contributed by atoms with Gasteiger partial charge in [0, 0.05) is 13.0 Å². The molecule has 88 valence electrons. The second kappa shape index (κ2) is 4.90. The van der Waals surface area contributed by atoms with E-state index in [4.69, 9.17) is 0 Å². The molecule has 1 aliphatic rings. The third kappa shape index (κ3) is 4.14. The Labute approximate surface area is 87.9 Å². The van der Waals surface area contributed by atoms with Gasteiger partial charge in [-0.05, 0) is 25.2 Å². The molecule has 0 aromatic heterocycles. The van der Waals surface area contributed by atoms with Crippen molar-refractivity contribution >= 4 is 12.9 Å². The molecule has 0 radical (unpaired) electrons. The Morgan fingerprint density at radius 3 is 2.60 bits per heavy atom. The lowest BCUT2D eigenvalue weighted by Crippen LogP contribution is -2.41. The predicted molar refractivity (Wildman–Crippen MR) is 53.3 cm³/mol. The van der Waals surface area contributed by atoms with Crippen LogP contribution >= 0.6 is 0 Å². The highest BCUT2D eigenvalue weighted by Crippen LogP contribution is 2.22. The molecule has 0 aliphatic carbocycles. The second-order valence-corrected chi connectivity index (χ2v) is 4.15. The van der Waals surface area contributed by atoms with Crippen molar-refractivity contribution in [3.63, 3.8) is 0 Å². The summed E-state index contributed by atoms with van der Waals surface area (Å²) in [4.78, 5) is 12.4. The van der Waals surface area contributed by atoms with Gasteiger partial charge in [0.25, 0.3) is 0 Å². The molecule has 15 heavy (non-hydrogen) atoms. The van der Waals surface area contributed by atoms with E-state index in [1.807, 2.05) is 6.92 Å². The minimum absolute atomic E-state index is 0.262. The summed E-state index contributed by atoms with van der Waals surface area (Å²) in [5.41, 5.74) is 0. The van der Waals surface area contributed by atoms with Gasteiger partial charge in [0.1, 0.15) is 0 Å². The zero-order valence-corrected chi connectivity index (χ0v) is 8.89. The van der Waals surface area contributed by atoms with Crippen LogP contribution in [0.25, 0.3) is 0 Å². The number of nitrogens with zero attached hydrogens (tertiary/aromatic N) is 1. The molecule has 1 amide bonds. The molecule has 1 unspecified atom stereocenters. The van der Waals surface area contributed by atoms with Crippen molar-refractivity contribution < 1.29 is 17.7 Å². The molecule has 0 bridgehead atoms. The Morgan fingerprint density at radius 1 is 1.40 bits per heavy atom. The van der Waals surface area contributed by atoms with Crippen molar-refractivity contribution in [3.8, 4) is 0 Å². The first-order valence-corrected chi connectivity index (χ1v) is 5.41. The summed E-state index contributed by atoms with van der Waals surface area (Å²) in [5, 5.41) is 0. The van der Waals surface area contributed by atoms with Gasteiger partial charge in [0.15, 0.2) is 0 Å². The molecule has 1 heterocycles. The van der Waals surface area contributed by atoms with Gasteiger partial charge in [-0.1, -0.05) is 13.3 Å². The first-order chi connectivity index (χ1) is 6.92. The second-order valence-electron chi connectivity index (χ2n) is 4.15. The Morgan fingerprint density at radius 2 is 2.07 bits per heavy atom. The van der Waals surface area contributed by atoms with Gasteiger partial charge in [-0.2, -0.15) is 0 Å². The topological polar surface area (TPSA) is 20.3 Å². The average molecular weight is 222 g/mol. The first kappa shape index (κ1) is 12.4. The number of rotatable bonds is 3. The molecule has 2 nitrogen and oxygen atoms in total. The monoisotopic (exact) mass is 222 g/mol. The maximum Gasteiger partial charge on any atom is 0.497 e. The summed E-state index contributed by atoms with van der Waals surface area (Å²) < 4.78 is 36.6. The van der Waals surface area contributed by atoms with E-state index in [1.54, 1.807) is 0 Å². The van der Waals surface area contributed by atoms with Crippen molar-refractivity contribution in [2.24, 2.45) is 5.92 Å². The van der Waals surface area contributed by atoms with E-state index >= 15 is 0 Å². The van der Waals surface area contributed by atoms with E-state index in [1.165, 1.54) is 0 Å². The molecule has 0 aromatic carbocycles. The molecule has 1 aliphatic heterocycles. The van der Waals surface area contributed by atoms with Gasteiger partial charge in [-0.3, -0.25) is 4.79 Å². The SMILES string of the molecule is CCC1CCC(=O)N(C[B-](F)(F)F)CC1. The van der Waals surface area contributed by atoms with Crippen molar-refractivity contribution in [3.05, 3.63) is 0 Å². The molecule has 0 spiro atoms. The molecule has 1 saturated heterocycles. The standard InChI is InChI=1S/C9H16BF3NO/c1-2-8-3-4-9(15)14(6-5-8)7-10(11,12)13/h8H,2-7H2,1H3/q-1. The molecule has 6 heteroatoms. The molecule has 0 saturated carbocycles. The number of carbonyl (C=O) groups excluding carboxylic acids is 1. The van der Waals surface area contributed by atoms with Crippen LogP contribution in [0.15, 0.2) is 0 Å². The summed E-state index contributed by atoms with van der Waals surface area (Å²) in [6, 6.07) is 0. The Hall–Kier alpha value is -0.675. The van der Waals surface area contributed by atoms with Gasteiger partial charge < -0.3 is 17.8 Å². The highest BCUT2D eigenvalue weighted by molar-refractivity contribution is 6.58. The van der Waals surface area contributed by atoms with Crippen LogP contribution in [-0.2, 0) is 4.79 Å². The zero-order valence-electron chi connectivity index (χ0n) is 8.89. The van der Waals surface area contributed by atoms with Crippen molar-refractivity contribution in [1.29, 1.82) is 0 Å². The summed E-state index contributed by atoms with van der Waals surface area (Å²) in [5.74, 6) is 0.0600. The van der Waals surface area contributed by atoms with Gasteiger partial charge in [-0.15, -0.1) is 0 Å². The molecule has 1 atom stereocenters. The van der Waals surface area contributed by atoms with Crippen LogP contribution in [0, 0.1) is 5.92 Å². The van der Waals surface area contributed by atoms with E-state index in [2.05, 4.69) is 0 Å². The lowest BCUT2D eigenvalue weighted by Gasteiger charge is -2.26. The lowest BCUT2D eigenvalue weighted by atomic mass is 9.91. The van der Waals surface area contributed by atoms with Gasteiger partial charge in [0.05, 0.1) is 0 Å². The van der Waals surface area contributed by atoms with Crippen LogP contribution in [-0.4, -0.2) is 30.8 Å². The van der Waals surface area contributed by atoms with Gasteiger partial charge in [-0.25, -0.2) is 0 Å². The fourth-order valence-corrected chi connectivity index (χ4v) is 1.94. The summed E-state index contributed by atoms with van der Waals surface area (Å²) in [6.07, 6.45) is 1.61. The van der Waals surface area contributed by atoms with Crippen molar-refractivity contribution in [2.75, 3.05) is 13.0 Å². The highest BCUT2D eigenvalue weighted by atomic mass is 19.4. The first-order valence-electron chi connectivity index (χ1n) is 5.41. The van der Waals surface area contributed by atoms with E-state index in [-0.39, 0.29) is 18.9 Å². The Bertz CT molecular complexity index is 232. The molecule has 1 fully saturated rings. The summed E-state index contributed by atoms with van der Waals surface area (Å²) in [6.45, 7) is -2.61. The number of hydrogen-bond donors (Lipinski definition) is 0. The van der Waals surface area contributed by atoms with Gasteiger partial charge >= 0.3 is 6.98 Å². The van der Waals surface area contributed by atoms with Crippen molar-refractivity contribution in [2.45, 2.75) is 32.6 Å². The number of amides is 1. The van der Waals surface area contributed by atoms with Crippen LogP contribution in [0.3, 0.4) is 0 Å². The van der Waals surface area contributed by atoms with Crippen LogP contribution in [0.5, 0.6) is 0 Å². The molecule has 0 aromatic rings. The van der Waals surface area contributed by atoms with Crippen LogP contribution in [0.1, 0.15) is 32.6 Å². The third-order valence-corrected chi connectivity index (χ3v) is 2.93. The Kier molecular flexibility index (Phi) is 4.05. The number of likely N-dealkylation sites (tertiary alicyclic amines) is 1. The van der Waals surface area contributed by atoms with Crippen LogP contribution in [0.2, 0.25) is 0 Å².